The molecule has 42 heavy (non-hydrogen) atoms. The summed E-state index contributed by atoms with van der Waals surface area (Å²) in [6, 6.07) is 55.7. The van der Waals surface area contributed by atoms with Crippen LogP contribution in [0.2, 0.25) is 5.04 Å². The van der Waals surface area contributed by atoms with Crippen LogP contribution < -0.4 is 26.3 Å². The van der Waals surface area contributed by atoms with Crippen LogP contribution in [0.5, 0.6) is 0 Å². The molecule has 214 valence electrons. The molecule has 0 saturated carbocycles. The van der Waals surface area contributed by atoms with Gasteiger partial charge in [0.05, 0.1) is 6.16 Å². The SMILES string of the molecule is C[C@H](CCC[P+](c1ccccc1)(c1ccccc1)c1ccccc1)O[Si](c1ccccc1)(c1ccccc1)C(C)(C)C. The fourth-order valence-corrected chi connectivity index (χ4v) is 15.7. The Kier molecular flexibility index (Phi) is 9.59. The third kappa shape index (κ3) is 6.08. The molecule has 0 N–H and O–H groups in total. The maximum Gasteiger partial charge on any atom is 0.261 e. The van der Waals surface area contributed by atoms with Gasteiger partial charge in [0.15, 0.2) is 0 Å². The molecule has 0 radical (unpaired) electrons. The lowest BCUT2D eigenvalue weighted by Crippen LogP contribution is -2.67. The Morgan fingerprint density at radius 2 is 0.881 bits per heavy atom. The number of hydrogen-bond donors (Lipinski definition) is 0. The Labute approximate surface area is 255 Å². The predicted molar refractivity (Wildman–Crippen MR) is 187 cm³/mol. The monoisotopic (exact) mass is 587 g/mol. The first-order chi connectivity index (χ1) is 20.4. The highest BCUT2D eigenvalue weighted by Gasteiger charge is 2.51. The van der Waals surface area contributed by atoms with Crippen molar-refractivity contribution in [2.24, 2.45) is 0 Å². The summed E-state index contributed by atoms with van der Waals surface area (Å²) in [7, 11) is -4.44. The van der Waals surface area contributed by atoms with Gasteiger partial charge in [0.2, 0.25) is 0 Å². The molecule has 5 rings (SSSR count). The van der Waals surface area contributed by atoms with Crippen LogP contribution in [0, 0.1) is 0 Å². The van der Waals surface area contributed by atoms with Crippen LogP contribution in [0.25, 0.3) is 0 Å². The summed E-state index contributed by atoms with van der Waals surface area (Å²) in [5.41, 5.74) is 0. The van der Waals surface area contributed by atoms with Crippen molar-refractivity contribution in [1.29, 1.82) is 0 Å². The molecule has 0 saturated heterocycles. The number of rotatable bonds is 11. The van der Waals surface area contributed by atoms with E-state index in [2.05, 4.69) is 179 Å². The molecule has 0 unspecified atom stereocenters. The minimum absolute atomic E-state index is 0.0289. The largest absolute Gasteiger partial charge is 0.405 e. The lowest BCUT2D eigenvalue weighted by atomic mass is 10.2. The van der Waals surface area contributed by atoms with Crippen molar-refractivity contribution in [3.05, 3.63) is 152 Å². The molecule has 0 bridgehead atoms. The van der Waals surface area contributed by atoms with Crippen molar-refractivity contribution in [2.75, 3.05) is 6.16 Å². The van der Waals surface area contributed by atoms with Crippen molar-refractivity contribution in [3.8, 4) is 0 Å². The zero-order valence-corrected chi connectivity index (χ0v) is 27.4. The second kappa shape index (κ2) is 13.3. The minimum atomic E-state index is -2.59. The highest BCUT2D eigenvalue weighted by atomic mass is 31.2. The Bertz CT molecular complexity index is 1360. The summed E-state index contributed by atoms with van der Waals surface area (Å²) >= 11 is 0. The van der Waals surface area contributed by atoms with Gasteiger partial charge in [0.1, 0.15) is 23.2 Å². The second-order valence-electron chi connectivity index (χ2n) is 12.3. The molecule has 0 aliphatic carbocycles. The number of hydrogen-bond acceptors (Lipinski definition) is 1. The average molecular weight is 588 g/mol. The third-order valence-corrected chi connectivity index (χ3v) is 18.2. The van der Waals surface area contributed by atoms with Crippen LogP contribution in [0.15, 0.2) is 152 Å². The van der Waals surface area contributed by atoms with E-state index in [4.69, 9.17) is 4.43 Å². The molecular weight excluding hydrogens is 543 g/mol. The smallest absolute Gasteiger partial charge is 0.261 e. The molecule has 3 heteroatoms. The lowest BCUT2D eigenvalue weighted by Gasteiger charge is -2.44. The maximum absolute atomic E-state index is 7.46. The molecule has 1 atom stereocenters. The fourth-order valence-electron chi connectivity index (χ4n) is 6.55. The molecular formula is C39H44OPSi+. The second-order valence-corrected chi connectivity index (χ2v) is 20.1. The van der Waals surface area contributed by atoms with Gasteiger partial charge in [-0.1, -0.05) is 136 Å². The van der Waals surface area contributed by atoms with Crippen LogP contribution >= 0.6 is 7.26 Å². The molecule has 0 amide bonds. The van der Waals surface area contributed by atoms with Crippen LogP contribution in [0.3, 0.4) is 0 Å². The molecule has 0 aromatic heterocycles. The Balaban J connectivity index is 1.49. The lowest BCUT2D eigenvalue weighted by molar-refractivity contribution is 0.195. The van der Waals surface area contributed by atoms with Crippen molar-refractivity contribution >= 4 is 41.9 Å². The van der Waals surface area contributed by atoms with Gasteiger partial charge in [-0.3, -0.25) is 0 Å². The highest BCUT2D eigenvalue weighted by Crippen LogP contribution is 2.56. The molecule has 1 nitrogen and oxygen atoms in total. The van der Waals surface area contributed by atoms with Gasteiger partial charge in [-0.25, -0.2) is 0 Å². The van der Waals surface area contributed by atoms with E-state index in [0.29, 0.717) is 0 Å². The predicted octanol–water partition coefficient (Wildman–Crippen LogP) is 7.73. The van der Waals surface area contributed by atoms with E-state index in [1.807, 2.05) is 0 Å². The van der Waals surface area contributed by atoms with Crippen LogP contribution in [0.4, 0.5) is 0 Å². The van der Waals surface area contributed by atoms with Crippen LogP contribution in [-0.4, -0.2) is 20.6 Å². The highest BCUT2D eigenvalue weighted by molar-refractivity contribution is 7.95. The third-order valence-electron chi connectivity index (χ3n) is 8.49. The Morgan fingerprint density at radius 1 is 0.548 bits per heavy atom. The summed E-state index contributed by atoms with van der Waals surface area (Å²) in [5, 5.41) is 7.00. The molecule has 0 aliphatic heterocycles. The first-order valence-corrected chi connectivity index (χ1v) is 19.1. The summed E-state index contributed by atoms with van der Waals surface area (Å²) in [6.45, 7) is 9.39. The topological polar surface area (TPSA) is 9.23 Å². The molecule has 0 heterocycles. The summed E-state index contributed by atoms with van der Waals surface area (Å²) in [4.78, 5) is 0. The summed E-state index contributed by atoms with van der Waals surface area (Å²) < 4.78 is 7.46. The number of benzene rings is 5. The molecule has 0 spiro atoms. The van der Waals surface area contributed by atoms with Gasteiger partial charge < -0.3 is 4.43 Å². The first-order valence-electron chi connectivity index (χ1n) is 15.2. The standard InChI is InChI=1S/C39H44OPSi/c1-33(40-42(39(2,3)4,37-28-16-8-17-29-37)38-30-18-9-19-31-38)21-20-32-41(34-22-10-5-11-23-34,35-24-12-6-13-25-35)36-26-14-7-15-27-36/h5-19,22-31,33H,20-21,32H2,1-4H3/q+1/t33-/m1/s1. The van der Waals surface area contributed by atoms with E-state index in [0.717, 1.165) is 19.0 Å². The molecule has 5 aromatic carbocycles. The van der Waals surface area contributed by atoms with E-state index in [9.17, 15) is 0 Å². The van der Waals surface area contributed by atoms with E-state index < -0.39 is 15.6 Å². The first kappa shape index (κ1) is 30.2. The van der Waals surface area contributed by atoms with Gasteiger partial charge in [-0.15, -0.1) is 0 Å². The van der Waals surface area contributed by atoms with Crippen LogP contribution in [-0.2, 0) is 4.43 Å². The van der Waals surface area contributed by atoms with Gasteiger partial charge in [0, 0.05) is 6.10 Å². The van der Waals surface area contributed by atoms with Gasteiger partial charge in [-0.05, 0) is 71.6 Å². The normalized spacial score (nSPS) is 13.0. The molecule has 0 aliphatic rings. The van der Waals surface area contributed by atoms with Crippen molar-refractivity contribution in [1.82, 2.24) is 0 Å². The quantitative estimate of drug-likeness (QED) is 0.114. The van der Waals surface area contributed by atoms with Crippen molar-refractivity contribution < 1.29 is 4.43 Å². The van der Waals surface area contributed by atoms with E-state index in [-0.39, 0.29) is 11.1 Å². The van der Waals surface area contributed by atoms with Gasteiger partial charge in [0.25, 0.3) is 8.32 Å². The Morgan fingerprint density at radius 3 is 1.21 bits per heavy atom. The average Bonchev–Trinajstić information content (AvgIpc) is 3.03. The maximum atomic E-state index is 7.46. The van der Waals surface area contributed by atoms with Crippen LogP contribution in [0.1, 0.15) is 40.5 Å². The van der Waals surface area contributed by atoms with Gasteiger partial charge in [-0.2, -0.15) is 0 Å². The van der Waals surface area contributed by atoms with E-state index in [1.54, 1.807) is 0 Å². The van der Waals surface area contributed by atoms with E-state index in [1.165, 1.54) is 26.3 Å². The minimum Gasteiger partial charge on any atom is -0.405 e. The fraction of sp³-hybridized carbons (Fsp3) is 0.231. The molecule has 5 aromatic rings. The zero-order chi connectivity index (χ0) is 29.5. The summed E-state index contributed by atoms with van der Waals surface area (Å²) in [5.74, 6) is 0. The van der Waals surface area contributed by atoms with E-state index >= 15 is 0 Å². The Hall–Kier alpha value is -3.29. The zero-order valence-electron chi connectivity index (χ0n) is 25.5. The molecule has 0 fully saturated rings. The summed E-state index contributed by atoms with van der Waals surface area (Å²) in [6.07, 6.45) is 3.34. The van der Waals surface area contributed by atoms with Gasteiger partial charge >= 0.3 is 0 Å². The van der Waals surface area contributed by atoms with Crippen molar-refractivity contribution in [3.63, 3.8) is 0 Å². The van der Waals surface area contributed by atoms with Crippen molar-refractivity contribution in [2.45, 2.75) is 51.7 Å².